The number of pyridine rings is 1. The largest absolute Gasteiger partial charge is 0.383 e. The first kappa shape index (κ1) is 16.7. The molecule has 24 heavy (non-hydrogen) atoms. The molecule has 0 saturated carbocycles. The van der Waals surface area contributed by atoms with Crippen LogP contribution in [0.2, 0.25) is 0 Å². The van der Waals surface area contributed by atoms with Gasteiger partial charge in [0.2, 0.25) is 17.4 Å². The molecular formula is C17H23N3O4. The Morgan fingerprint density at radius 1 is 1.42 bits per heavy atom. The lowest BCUT2D eigenvalue weighted by Gasteiger charge is -2.27. The normalized spacial score (nSPS) is 23.2. The molecule has 7 heteroatoms. The Bertz CT molecular complexity index is 685. The molecule has 130 valence electrons. The SMILES string of the molecule is COCCN1CC(C(=O)NC2CCCc3[nH]c(=O)ccc32)CC1=O. The summed E-state index contributed by atoms with van der Waals surface area (Å²) in [6.07, 6.45) is 2.84. The second-order valence-corrected chi connectivity index (χ2v) is 6.44. The van der Waals surface area contributed by atoms with Gasteiger partial charge in [-0.15, -0.1) is 0 Å². The average molecular weight is 333 g/mol. The molecule has 0 radical (unpaired) electrons. The number of aromatic amines is 1. The summed E-state index contributed by atoms with van der Waals surface area (Å²) >= 11 is 0. The van der Waals surface area contributed by atoms with E-state index in [0.717, 1.165) is 30.5 Å². The Labute approximate surface area is 140 Å². The Morgan fingerprint density at radius 2 is 2.25 bits per heavy atom. The molecule has 1 fully saturated rings. The first-order valence-corrected chi connectivity index (χ1v) is 8.37. The van der Waals surface area contributed by atoms with Crippen LogP contribution in [0.1, 0.15) is 36.6 Å². The number of amides is 2. The summed E-state index contributed by atoms with van der Waals surface area (Å²) in [6.45, 7) is 1.44. The third-order valence-electron chi connectivity index (χ3n) is 4.80. The van der Waals surface area contributed by atoms with Crippen LogP contribution in [0.15, 0.2) is 16.9 Å². The number of carbonyl (C=O) groups is 2. The number of hydrogen-bond acceptors (Lipinski definition) is 4. The number of H-pyrrole nitrogens is 1. The van der Waals surface area contributed by atoms with Crippen LogP contribution in [-0.2, 0) is 20.7 Å². The highest BCUT2D eigenvalue weighted by molar-refractivity contribution is 5.89. The van der Waals surface area contributed by atoms with Crippen LogP contribution < -0.4 is 10.9 Å². The van der Waals surface area contributed by atoms with Crippen LogP contribution in [0.5, 0.6) is 0 Å². The van der Waals surface area contributed by atoms with E-state index in [1.165, 1.54) is 6.07 Å². The highest BCUT2D eigenvalue weighted by Crippen LogP contribution is 2.28. The molecule has 7 nitrogen and oxygen atoms in total. The van der Waals surface area contributed by atoms with Crippen molar-refractivity contribution in [1.82, 2.24) is 15.2 Å². The van der Waals surface area contributed by atoms with E-state index in [1.54, 1.807) is 18.1 Å². The summed E-state index contributed by atoms with van der Waals surface area (Å²) in [5, 5.41) is 3.06. The fraction of sp³-hybridized carbons (Fsp3) is 0.588. The molecular weight excluding hydrogens is 310 g/mol. The number of ether oxygens (including phenoxy) is 1. The van der Waals surface area contributed by atoms with E-state index in [4.69, 9.17) is 4.74 Å². The van der Waals surface area contributed by atoms with Crippen LogP contribution in [0, 0.1) is 5.92 Å². The topological polar surface area (TPSA) is 91.5 Å². The minimum absolute atomic E-state index is 0.000532. The molecule has 2 heterocycles. The van der Waals surface area contributed by atoms with E-state index >= 15 is 0 Å². The van der Waals surface area contributed by atoms with Gasteiger partial charge in [-0.2, -0.15) is 0 Å². The van der Waals surface area contributed by atoms with Gasteiger partial charge in [0.05, 0.1) is 18.6 Å². The Balaban J connectivity index is 1.64. The summed E-state index contributed by atoms with van der Waals surface area (Å²) in [6, 6.07) is 3.19. The van der Waals surface area contributed by atoms with Gasteiger partial charge < -0.3 is 19.9 Å². The van der Waals surface area contributed by atoms with E-state index in [0.29, 0.717) is 19.7 Å². The van der Waals surface area contributed by atoms with Crippen molar-refractivity contribution >= 4 is 11.8 Å². The Hall–Kier alpha value is -2.15. The van der Waals surface area contributed by atoms with Gasteiger partial charge in [-0.25, -0.2) is 0 Å². The van der Waals surface area contributed by atoms with Crippen molar-refractivity contribution in [1.29, 1.82) is 0 Å². The molecule has 2 atom stereocenters. The van der Waals surface area contributed by atoms with Gasteiger partial charge in [-0.1, -0.05) is 0 Å². The van der Waals surface area contributed by atoms with Crippen molar-refractivity contribution in [3.8, 4) is 0 Å². The van der Waals surface area contributed by atoms with Crippen molar-refractivity contribution in [2.75, 3.05) is 26.8 Å². The fourth-order valence-corrected chi connectivity index (χ4v) is 3.51. The third-order valence-corrected chi connectivity index (χ3v) is 4.80. The first-order valence-electron chi connectivity index (χ1n) is 8.37. The molecule has 1 saturated heterocycles. The number of likely N-dealkylation sites (tertiary alicyclic amines) is 1. The fourth-order valence-electron chi connectivity index (χ4n) is 3.51. The van der Waals surface area contributed by atoms with Crippen LogP contribution in [0.25, 0.3) is 0 Å². The maximum atomic E-state index is 12.6. The predicted octanol–water partition coefficient (Wildman–Crippen LogP) is 0.363. The van der Waals surface area contributed by atoms with E-state index in [2.05, 4.69) is 10.3 Å². The standard InChI is InChI=1S/C17H23N3O4/c1-24-8-7-20-10-11(9-16(20)22)17(23)19-14-4-2-3-13-12(14)5-6-15(21)18-13/h5-6,11,14H,2-4,7-10H2,1H3,(H,18,21)(H,19,23). The summed E-state index contributed by atoms with van der Waals surface area (Å²) in [4.78, 5) is 40.5. The van der Waals surface area contributed by atoms with Gasteiger partial charge in [0.15, 0.2) is 0 Å². The number of methoxy groups -OCH3 is 1. The van der Waals surface area contributed by atoms with Gasteiger partial charge in [0.1, 0.15) is 0 Å². The molecule has 2 N–H and O–H groups in total. The zero-order chi connectivity index (χ0) is 17.1. The maximum absolute atomic E-state index is 12.6. The summed E-state index contributed by atoms with van der Waals surface area (Å²) < 4.78 is 4.99. The Morgan fingerprint density at radius 3 is 3.04 bits per heavy atom. The zero-order valence-electron chi connectivity index (χ0n) is 13.8. The van der Waals surface area contributed by atoms with Gasteiger partial charge in [-0.3, -0.25) is 14.4 Å². The van der Waals surface area contributed by atoms with Crippen LogP contribution >= 0.6 is 0 Å². The lowest BCUT2D eigenvalue weighted by Crippen LogP contribution is -2.37. The monoisotopic (exact) mass is 333 g/mol. The smallest absolute Gasteiger partial charge is 0.248 e. The zero-order valence-corrected chi connectivity index (χ0v) is 13.8. The lowest BCUT2D eigenvalue weighted by atomic mass is 9.91. The average Bonchev–Trinajstić information content (AvgIpc) is 2.94. The first-order chi connectivity index (χ1) is 11.6. The highest BCUT2D eigenvalue weighted by atomic mass is 16.5. The maximum Gasteiger partial charge on any atom is 0.248 e. The number of nitrogens with one attached hydrogen (secondary N) is 2. The second kappa shape index (κ2) is 7.17. The van der Waals surface area contributed by atoms with E-state index in [-0.39, 0.29) is 35.8 Å². The highest BCUT2D eigenvalue weighted by Gasteiger charge is 2.35. The molecule has 1 aliphatic heterocycles. The quantitative estimate of drug-likeness (QED) is 0.814. The molecule has 0 aromatic carbocycles. The predicted molar refractivity (Wildman–Crippen MR) is 87.4 cm³/mol. The number of nitrogens with zero attached hydrogens (tertiary/aromatic N) is 1. The van der Waals surface area contributed by atoms with Crippen molar-refractivity contribution in [2.45, 2.75) is 31.7 Å². The lowest BCUT2D eigenvalue weighted by molar-refractivity contribution is -0.129. The van der Waals surface area contributed by atoms with Crippen molar-refractivity contribution < 1.29 is 14.3 Å². The molecule has 0 spiro atoms. The van der Waals surface area contributed by atoms with Crippen molar-refractivity contribution in [3.05, 3.63) is 33.7 Å². The number of carbonyl (C=O) groups excluding carboxylic acids is 2. The second-order valence-electron chi connectivity index (χ2n) is 6.44. The molecule has 2 unspecified atom stereocenters. The van der Waals surface area contributed by atoms with Crippen LogP contribution in [0.4, 0.5) is 0 Å². The minimum atomic E-state index is -0.317. The van der Waals surface area contributed by atoms with Crippen molar-refractivity contribution in [2.24, 2.45) is 5.92 Å². The molecule has 1 aliphatic carbocycles. The number of hydrogen-bond donors (Lipinski definition) is 2. The van der Waals surface area contributed by atoms with Gasteiger partial charge in [0.25, 0.3) is 0 Å². The van der Waals surface area contributed by atoms with E-state index < -0.39 is 0 Å². The Kier molecular flexibility index (Phi) is 4.99. The van der Waals surface area contributed by atoms with E-state index in [9.17, 15) is 14.4 Å². The van der Waals surface area contributed by atoms with Gasteiger partial charge in [-0.05, 0) is 30.9 Å². The van der Waals surface area contributed by atoms with Gasteiger partial charge in [0, 0.05) is 38.4 Å². The summed E-state index contributed by atoms with van der Waals surface area (Å²) in [5.74, 6) is -0.407. The van der Waals surface area contributed by atoms with Crippen LogP contribution in [-0.4, -0.2) is 48.5 Å². The van der Waals surface area contributed by atoms with Crippen molar-refractivity contribution in [3.63, 3.8) is 0 Å². The number of aryl methyl sites for hydroxylation is 1. The molecule has 2 aliphatic rings. The summed E-state index contributed by atoms with van der Waals surface area (Å²) in [5.41, 5.74) is 1.77. The minimum Gasteiger partial charge on any atom is -0.383 e. The van der Waals surface area contributed by atoms with Gasteiger partial charge >= 0.3 is 0 Å². The number of aromatic nitrogens is 1. The molecule has 1 aromatic rings. The van der Waals surface area contributed by atoms with Crippen LogP contribution in [0.3, 0.4) is 0 Å². The number of rotatable bonds is 5. The summed E-state index contributed by atoms with van der Waals surface area (Å²) in [7, 11) is 1.59. The molecule has 1 aromatic heterocycles. The third kappa shape index (κ3) is 3.51. The molecule has 3 rings (SSSR count). The molecule has 2 amide bonds. The number of fused-ring (bicyclic) bond motifs is 1. The van der Waals surface area contributed by atoms with E-state index in [1.807, 2.05) is 0 Å². The molecule has 0 bridgehead atoms.